The molecule has 0 fully saturated rings. The van der Waals surface area contributed by atoms with Crippen LogP contribution in [-0.2, 0) is 9.53 Å². The highest BCUT2D eigenvalue weighted by molar-refractivity contribution is 9.10. The predicted molar refractivity (Wildman–Crippen MR) is 82.6 cm³/mol. The lowest BCUT2D eigenvalue weighted by atomic mass is 10.2. The number of esters is 1. The Balaban J connectivity index is 1.79. The topological polar surface area (TPSA) is 51.8 Å². The van der Waals surface area contributed by atoms with E-state index in [0.29, 0.717) is 10.4 Å². The summed E-state index contributed by atoms with van der Waals surface area (Å²) in [4.78, 5) is 15.8. The van der Waals surface area contributed by atoms with Crippen molar-refractivity contribution in [3.05, 3.63) is 76.3 Å². The molecular weight excluding hydrogens is 334 g/mol. The molecule has 0 bridgehead atoms. The number of halogens is 1. The van der Waals surface area contributed by atoms with Gasteiger partial charge in [0, 0.05) is 0 Å². The smallest absolute Gasteiger partial charge is 0.363 e. The SMILES string of the molecule is O=C1OC(c2ccc(Br)o2)=N/C1=C\C=C\c1ccccc1. The number of cyclic esters (lactones) is 1. The van der Waals surface area contributed by atoms with Crippen LogP contribution in [0.15, 0.2) is 74.4 Å². The molecule has 21 heavy (non-hydrogen) atoms. The maximum atomic E-state index is 11.7. The number of allylic oxidation sites excluding steroid dienone is 2. The number of furan rings is 1. The molecule has 1 aromatic carbocycles. The second-order valence-electron chi connectivity index (χ2n) is 4.23. The van der Waals surface area contributed by atoms with E-state index in [9.17, 15) is 4.79 Å². The summed E-state index contributed by atoms with van der Waals surface area (Å²) in [6, 6.07) is 13.2. The van der Waals surface area contributed by atoms with Crippen molar-refractivity contribution in [2.45, 2.75) is 0 Å². The molecular formula is C16H10BrNO3. The summed E-state index contributed by atoms with van der Waals surface area (Å²) >= 11 is 3.19. The Morgan fingerprint density at radius 3 is 2.62 bits per heavy atom. The average Bonchev–Trinajstić information content (AvgIpc) is 3.07. The Morgan fingerprint density at radius 1 is 1.10 bits per heavy atom. The van der Waals surface area contributed by atoms with Crippen LogP contribution in [0.3, 0.4) is 0 Å². The van der Waals surface area contributed by atoms with Crippen LogP contribution in [0.5, 0.6) is 0 Å². The molecule has 0 aliphatic carbocycles. The molecule has 4 nitrogen and oxygen atoms in total. The normalized spacial score (nSPS) is 16.5. The zero-order valence-electron chi connectivity index (χ0n) is 10.8. The molecule has 0 saturated carbocycles. The third kappa shape index (κ3) is 3.20. The maximum Gasteiger partial charge on any atom is 0.363 e. The minimum Gasteiger partial charge on any atom is -0.444 e. The van der Waals surface area contributed by atoms with Gasteiger partial charge in [-0.2, -0.15) is 0 Å². The first kappa shape index (κ1) is 13.6. The van der Waals surface area contributed by atoms with Crippen LogP contribution >= 0.6 is 15.9 Å². The molecule has 1 aliphatic rings. The molecule has 1 aliphatic heterocycles. The summed E-state index contributed by atoms with van der Waals surface area (Å²) in [7, 11) is 0. The van der Waals surface area contributed by atoms with Gasteiger partial charge >= 0.3 is 5.97 Å². The van der Waals surface area contributed by atoms with Gasteiger partial charge in [-0.3, -0.25) is 0 Å². The van der Waals surface area contributed by atoms with Crippen molar-refractivity contribution in [2.24, 2.45) is 4.99 Å². The van der Waals surface area contributed by atoms with E-state index < -0.39 is 5.97 Å². The van der Waals surface area contributed by atoms with E-state index in [4.69, 9.17) is 9.15 Å². The fourth-order valence-corrected chi connectivity index (χ4v) is 2.08. The lowest BCUT2D eigenvalue weighted by molar-refractivity contribution is -0.130. The van der Waals surface area contributed by atoms with E-state index in [-0.39, 0.29) is 11.6 Å². The first-order valence-electron chi connectivity index (χ1n) is 6.22. The number of hydrogen-bond acceptors (Lipinski definition) is 4. The highest BCUT2D eigenvalue weighted by Crippen LogP contribution is 2.20. The standard InChI is InChI=1S/C16H10BrNO3/c17-14-10-9-13(20-14)15-18-12(16(19)21-15)8-4-7-11-5-2-1-3-6-11/h1-10H/b7-4+,12-8-. The number of ether oxygens (including phenoxy) is 1. The van der Waals surface area contributed by atoms with Crippen LogP contribution in [0.2, 0.25) is 0 Å². The fourth-order valence-electron chi connectivity index (χ4n) is 1.77. The van der Waals surface area contributed by atoms with Crippen LogP contribution in [0.25, 0.3) is 6.08 Å². The number of benzene rings is 1. The van der Waals surface area contributed by atoms with Crippen LogP contribution in [0.4, 0.5) is 0 Å². The van der Waals surface area contributed by atoms with Crippen LogP contribution in [-0.4, -0.2) is 11.9 Å². The highest BCUT2D eigenvalue weighted by atomic mass is 79.9. The number of carbonyl (C=O) groups excluding carboxylic acids is 1. The third-order valence-electron chi connectivity index (χ3n) is 2.75. The lowest BCUT2D eigenvalue weighted by Crippen LogP contribution is -2.04. The van der Waals surface area contributed by atoms with Gasteiger partial charge in [-0.05, 0) is 39.7 Å². The number of aliphatic imine (C=N–C) groups is 1. The summed E-state index contributed by atoms with van der Waals surface area (Å²) in [5, 5.41) is 0. The van der Waals surface area contributed by atoms with E-state index in [1.54, 1.807) is 24.3 Å². The molecule has 2 heterocycles. The Kier molecular flexibility index (Phi) is 3.83. The Morgan fingerprint density at radius 2 is 1.90 bits per heavy atom. The number of rotatable bonds is 3. The summed E-state index contributed by atoms with van der Waals surface area (Å²) in [5.74, 6) is 0.0889. The van der Waals surface area contributed by atoms with Crippen molar-refractivity contribution < 1.29 is 13.9 Å². The molecule has 0 saturated heterocycles. The number of hydrogen-bond donors (Lipinski definition) is 0. The largest absolute Gasteiger partial charge is 0.444 e. The zero-order valence-corrected chi connectivity index (χ0v) is 12.4. The van der Waals surface area contributed by atoms with Crippen molar-refractivity contribution in [3.63, 3.8) is 0 Å². The molecule has 0 unspecified atom stereocenters. The predicted octanol–water partition coefficient (Wildman–Crippen LogP) is 3.94. The van der Waals surface area contributed by atoms with Gasteiger partial charge in [0.15, 0.2) is 16.1 Å². The minimum atomic E-state index is -0.491. The fraction of sp³-hybridized carbons (Fsp3) is 0. The summed E-state index contributed by atoms with van der Waals surface area (Å²) < 4.78 is 10.9. The lowest BCUT2D eigenvalue weighted by Gasteiger charge is -1.92. The van der Waals surface area contributed by atoms with Gasteiger partial charge in [-0.1, -0.05) is 42.5 Å². The third-order valence-corrected chi connectivity index (χ3v) is 3.17. The minimum absolute atomic E-state index is 0.171. The van der Waals surface area contributed by atoms with E-state index in [1.165, 1.54) is 0 Å². The molecule has 0 spiro atoms. The number of carbonyl (C=O) groups is 1. The van der Waals surface area contributed by atoms with Crippen molar-refractivity contribution in [2.75, 3.05) is 0 Å². The summed E-state index contributed by atoms with van der Waals surface area (Å²) in [5.41, 5.74) is 1.28. The molecule has 104 valence electrons. The summed E-state index contributed by atoms with van der Waals surface area (Å²) in [6.45, 7) is 0. The molecule has 5 heteroatoms. The van der Waals surface area contributed by atoms with Gasteiger partial charge in [-0.15, -0.1) is 0 Å². The molecule has 0 atom stereocenters. The van der Waals surface area contributed by atoms with Gasteiger partial charge in [0.05, 0.1) is 0 Å². The van der Waals surface area contributed by atoms with Gasteiger partial charge in [0.25, 0.3) is 5.90 Å². The summed E-state index contributed by atoms with van der Waals surface area (Å²) in [6.07, 6.45) is 5.26. The van der Waals surface area contributed by atoms with Gasteiger partial charge in [0.1, 0.15) is 0 Å². The van der Waals surface area contributed by atoms with Crippen LogP contribution in [0.1, 0.15) is 11.3 Å². The van der Waals surface area contributed by atoms with Crippen LogP contribution < -0.4 is 0 Å². The molecule has 3 rings (SSSR count). The van der Waals surface area contributed by atoms with Gasteiger partial charge in [0.2, 0.25) is 0 Å². The van der Waals surface area contributed by atoms with Crippen molar-refractivity contribution in [3.8, 4) is 0 Å². The molecule has 0 amide bonds. The van der Waals surface area contributed by atoms with E-state index in [2.05, 4.69) is 20.9 Å². The van der Waals surface area contributed by atoms with Gasteiger partial charge in [-0.25, -0.2) is 9.79 Å². The van der Waals surface area contributed by atoms with E-state index in [0.717, 1.165) is 5.56 Å². The van der Waals surface area contributed by atoms with E-state index in [1.807, 2.05) is 36.4 Å². The number of nitrogens with zero attached hydrogens (tertiary/aromatic N) is 1. The van der Waals surface area contributed by atoms with Gasteiger partial charge < -0.3 is 9.15 Å². The average molecular weight is 344 g/mol. The Labute approximate surface area is 129 Å². The van der Waals surface area contributed by atoms with Crippen molar-refractivity contribution in [1.29, 1.82) is 0 Å². The van der Waals surface area contributed by atoms with Crippen molar-refractivity contribution >= 4 is 33.9 Å². The van der Waals surface area contributed by atoms with E-state index >= 15 is 0 Å². The quantitative estimate of drug-likeness (QED) is 0.626. The zero-order chi connectivity index (χ0) is 14.7. The Hall–Kier alpha value is -2.40. The monoisotopic (exact) mass is 343 g/mol. The molecule has 1 aromatic heterocycles. The highest BCUT2D eigenvalue weighted by Gasteiger charge is 2.25. The maximum absolute atomic E-state index is 11.7. The first-order chi connectivity index (χ1) is 10.2. The Bertz CT molecular complexity index is 757. The molecule has 0 N–H and O–H groups in total. The first-order valence-corrected chi connectivity index (χ1v) is 7.02. The second-order valence-corrected chi connectivity index (χ2v) is 5.01. The molecule has 0 radical (unpaired) electrons. The second kappa shape index (κ2) is 5.93. The van der Waals surface area contributed by atoms with Crippen molar-refractivity contribution in [1.82, 2.24) is 0 Å². The van der Waals surface area contributed by atoms with Crippen LogP contribution in [0, 0.1) is 0 Å². The molecule has 2 aromatic rings.